The molecule has 1 amide bonds. The van der Waals surface area contributed by atoms with E-state index >= 15 is 0 Å². The van der Waals surface area contributed by atoms with Crippen LogP contribution in [0.1, 0.15) is 52.0 Å². The van der Waals surface area contributed by atoms with Crippen LogP contribution in [0.5, 0.6) is 0 Å². The molecule has 3 heterocycles. The third-order valence-electron chi connectivity index (χ3n) is 8.58. The van der Waals surface area contributed by atoms with Crippen LogP contribution in [0.25, 0.3) is 11.0 Å². The molecule has 44 heavy (non-hydrogen) atoms. The van der Waals surface area contributed by atoms with Crippen LogP contribution < -0.4 is 21.9 Å². The summed E-state index contributed by atoms with van der Waals surface area (Å²) in [5.74, 6) is -0.0664. The number of ether oxygens (including phenoxy) is 1. The molecular formula is C35H38N6O3. The number of rotatable bonds is 10. The van der Waals surface area contributed by atoms with Crippen molar-refractivity contribution in [2.75, 3.05) is 18.5 Å². The maximum Gasteiger partial charge on any atom is 0.271 e. The monoisotopic (exact) mass is 590 g/mol. The maximum absolute atomic E-state index is 13.1. The number of H-pyrrole nitrogens is 2. The van der Waals surface area contributed by atoms with Gasteiger partial charge in [-0.2, -0.15) is 0 Å². The zero-order valence-electron chi connectivity index (χ0n) is 25.0. The van der Waals surface area contributed by atoms with E-state index < -0.39 is 17.9 Å². The average Bonchev–Trinajstić information content (AvgIpc) is 3.44. The highest BCUT2D eigenvalue weighted by Crippen LogP contribution is 2.31. The molecule has 1 aliphatic rings. The van der Waals surface area contributed by atoms with E-state index in [0.29, 0.717) is 31.7 Å². The third-order valence-corrected chi connectivity index (χ3v) is 8.58. The predicted octanol–water partition coefficient (Wildman–Crippen LogP) is 4.63. The summed E-state index contributed by atoms with van der Waals surface area (Å²) in [5.41, 5.74) is 13.1. The topological polar surface area (TPSA) is 138 Å². The number of aromatic nitrogens is 3. The third kappa shape index (κ3) is 6.29. The second-order valence-electron chi connectivity index (χ2n) is 11.6. The first-order valence-electron chi connectivity index (χ1n) is 15.1. The van der Waals surface area contributed by atoms with Gasteiger partial charge in [-0.05, 0) is 72.7 Å². The highest BCUT2D eigenvalue weighted by atomic mass is 16.5. The van der Waals surface area contributed by atoms with E-state index in [1.807, 2.05) is 66.7 Å². The quantitative estimate of drug-likeness (QED) is 0.161. The summed E-state index contributed by atoms with van der Waals surface area (Å²) >= 11 is 0. The number of primary amides is 1. The number of hydrogen-bond donors (Lipinski definition) is 5. The first kappa shape index (κ1) is 29.3. The van der Waals surface area contributed by atoms with Crippen molar-refractivity contribution in [3.63, 3.8) is 0 Å². The molecule has 1 aliphatic heterocycles. The number of amides is 1. The Kier molecular flexibility index (Phi) is 8.58. The lowest BCUT2D eigenvalue weighted by atomic mass is 9.84. The molecule has 1 saturated heterocycles. The zero-order chi connectivity index (χ0) is 30.6. The zero-order valence-corrected chi connectivity index (χ0v) is 25.0. The normalized spacial score (nSPS) is 17.5. The van der Waals surface area contributed by atoms with Gasteiger partial charge in [0.05, 0.1) is 29.8 Å². The van der Waals surface area contributed by atoms with Crippen LogP contribution in [0, 0.1) is 13.8 Å². The minimum absolute atomic E-state index is 0.0275. The van der Waals surface area contributed by atoms with Crippen molar-refractivity contribution in [2.45, 2.75) is 50.8 Å². The first-order valence-corrected chi connectivity index (χ1v) is 15.1. The Bertz CT molecular complexity index is 1710. The summed E-state index contributed by atoms with van der Waals surface area (Å²) in [6.45, 7) is 5.33. The summed E-state index contributed by atoms with van der Waals surface area (Å²) in [7, 11) is 0. The van der Waals surface area contributed by atoms with Crippen molar-refractivity contribution < 1.29 is 9.53 Å². The highest BCUT2D eigenvalue weighted by Gasteiger charge is 2.31. The van der Waals surface area contributed by atoms with Crippen LogP contribution >= 0.6 is 0 Å². The number of aromatic amines is 2. The van der Waals surface area contributed by atoms with Crippen LogP contribution in [-0.2, 0) is 16.0 Å². The summed E-state index contributed by atoms with van der Waals surface area (Å²) < 4.78 is 6.25. The molecule has 9 heteroatoms. The number of nitrogens with one attached hydrogen (secondary N) is 4. The predicted molar refractivity (Wildman–Crippen MR) is 173 cm³/mol. The molecule has 3 aromatic carbocycles. The molecule has 9 nitrogen and oxygen atoms in total. The van der Waals surface area contributed by atoms with E-state index in [0.717, 1.165) is 33.5 Å². The van der Waals surface area contributed by atoms with E-state index in [1.165, 1.54) is 11.1 Å². The number of hydrogen-bond acceptors (Lipinski definition) is 6. The van der Waals surface area contributed by atoms with E-state index in [1.54, 1.807) is 6.20 Å². The van der Waals surface area contributed by atoms with Gasteiger partial charge in [-0.1, -0.05) is 60.7 Å². The van der Waals surface area contributed by atoms with Gasteiger partial charge in [-0.15, -0.1) is 0 Å². The fourth-order valence-electron chi connectivity index (χ4n) is 6.01. The summed E-state index contributed by atoms with van der Waals surface area (Å²) in [4.78, 5) is 37.1. The lowest BCUT2D eigenvalue weighted by Gasteiger charge is -2.30. The van der Waals surface area contributed by atoms with Crippen LogP contribution in [-0.4, -0.2) is 46.2 Å². The lowest BCUT2D eigenvalue weighted by molar-refractivity contribution is -0.119. The van der Waals surface area contributed by atoms with Crippen LogP contribution in [0.2, 0.25) is 0 Å². The minimum atomic E-state index is -0.855. The van der Waals surface area contributed by atoms with Crippen molar-refractivity contribution in [2.24, 2.45) is 5.73 Å². The maximum atomic E-state index is 13.1. The van der Waals surface area contributed by atoms with E-state index in [4.69, 9.17) is 15.5 Å². The number of pyridine rings is 1. The number of carbonyl (C=O) groups excluding carboxylic acids is 1. The smallest absolute Gasteiger partial charge is 0.271 e. The Morgan fingerprint density at radius 1 is 1.02 bits per heavy atom. The van der Waals surface area contributed by atoms with E-state index in [2.05, 4.69) is 46.6 Å². The number of carbonyl (C=O) groups is 1. The highest BCUT2D eigenvalue weighted by molar-refractivity contribution is 5.85. The first-order chi connectivity index (χ1) is 21.4. The van der Waals surface area contributed by atoms with Gasteiger partial charge in [0.1, 0.15) is 17.6 Å². The molecule has 0 unspecified atom stereocenters. The number of nitrogens with two attached hydrogens (primary N) is 1. The Morgan fingerprint density at radius 3 is 2.34 bits per heavy atom. The fourth-order valence-corrected chi connectivity index (χ4v) is 6.01. The largest absolute Gasteiger partial charge is 0.375 e. The minimum Gasteiger partial charge on any atom is -0.375 e. The summed E-state index contributed by atoms with van der Waals surface area (Å²) in [6, 6.07) is 24.7. The number of morpholine rings is 1. The molecular weight excluding hydrogens is 552 g/mol. The van der Waals surface area contributed by atoms with Gasteiger partial charge in [-0.3, -0.25) is 9.59 Å². The van der Waals surface area contributed by atoms with Gasteiger partial charge in [0.25, 0.3) is 5.56 Å². The molecule has 2 aromatic heterocycles. The SMILES string of the molecule is Cc1cc2nc([C@@H]3CO[C@H](CCc4cc[nH]c(=O)c4N[C@H](C(N)=O)C(c4ccccc4)c4ccccc4)CN3)[nH]c2cc1C. The molecule has 0 radical (unpaired) electrons. The van der Waals surface area contributed by atoms with Gasteiger partial charge in [-0.25, -0.2) is 4.98 Å². The van der Waals surface area contributed by atoms with Gasteiger partial charge >= 0.3 is 0 Å². The Balaban J connectivity index is 1.16. The van der Waals surface area contributed by atoms with Crippen LogP contribution in [0.15, 0.2) is 89.9 Å². The summed E-state index contributed by atoms with van der Waals surface area (Å²) in [6.07, 6.45) is 2.87. The molecule has 6 rings (SSSR count). The van der Waals surface area contributed by atoms with Gasteiger partial charge < -0.3 is 31.1 Å². The van der Waals surface area contributed by atoms with E-state index in [-0.39, 0.29) is 17.7 Å². The Labute approximate surface area is 256 Å². The molecule has 0 bridgehead atoms. The molecule has 0 aliphatic carbocycles. The van der Waals surface area contributed by atoms with Gasteiger partial charge in [0.2, 0.25) is 5.91 Å². The second kappa shape index (κ2) is 12.9. The number of benzene rings is 3. The van der Waals surface area contributed by atoms with Crippen molar-refractivity contribution >= 4 is 22.6 Å². The Morgan fingerprint density at radius 2 is 1.70 bits per heavy atom. The van der Waals surface area contributed by atoms with E-state index in [9.17, 15) is 9.59 Å². The lowest BCUT2D eigenvalue weighted by Crippen LogP contribution is -2.43. The number of nitrogens with zero attached hydrogens (tertiary/aromatic N) is 1. The standard InChI is InChI=1S/C35H38N6O3/c1-21-17-27-28(18-22(21)2)40-34(39-27)29-20-44-26(19-38-29)14-13-25-15-16-37-35(43)31(25)41-32(33(36)42)30(23-9-5-3-6-10-23)24-11-7-4-8-12-24/h3-12,15-18,26,29-30,32,38,41H,13-14,19-20H2,1-2H3,(H2,36,42)(H,37,43)(H,39,40)/t26-,29+,32+/m1/s1. The van der Waals surface area contributed by atoms with Gasteiger partial charge in [0.15, 0.2) is 0 Å². The van der Waals surface area contributed by atoms with Crippen LogP contribution in [0.4, 0.5) is 5.69 Å². The number of aryl methyl sites for hydroxylation is 3. The molecule has 226 valence electrons. The second-order valence-corrected chi connectivity index (χ2v) is 11.6. The van der Waals surface area contributed by atoms with Crippen molar-refractivity contribution in [1.82, 2.24) is 20.3 Å². The molecule has 5 aromatic rings. The summed E-state index contributed by atoms with van der Waals surface area (Å²) in [5, 5.41) is 6.83. The van der Waals surface area contributed by atoms with Gasteiger partial charge in [0, 0.05) is 18.7 Å². The van der Waals surface area contributed by atoms with Crippen molar-refractivity contribution in [3.8, 4) is 0 Å². The average molecular weight is 591 g/mol. The Hall–Kier alpha value is -4.73. The number of imidazole rings is 1. The molecule has 3 atom stereocenters. The van der Waals surface area contributed by atoms with Crippen molar-refractivity contribution in [3.05, 3.63) is 129 Å². The molecule has 1 fully saturated rings. The fraction of sp³-hybridized carbons (Fsp3) is 0.286. The molecule has 0 saturated carbocycles. The number of fused-ring (bicyclic) bond motifs is 1. The molecule has 0 spiro atoms. The molecule has 6 N–H and O–H groups in total. The van der Waals surface area contributed by atoms with Crippen LogP contribution in [0.3, 0.4) is 0 Å². The number of anilines is 1. The van der Waals surface area contributed by atoms with Crippen molar-refractivity contribution in [1.29, 1.82) is 0 Å².